The molecule has 3 heterocycles. The summed E-state index contributed by atoms with van der Waals surface area (Å²) in [6, 6.07) is 19.6. The van der Waals surface area contributed by atoms with Crippen molar-refractivity contribution >= 4 is 17.5 Å². The summed E-state index contributed by atoms with van der Waals surface area (Å²) in [6.07, 6.45) is 3.55. The van der Waals surface area contributed by atoms with E-state index in [1.165, 1.54) is 5.69 Å². The van der Waals surface area contributed by atoms with Gasteiger partial charge in [-0.3, -0.25) is 19.5 Å². The molecule has 0 unspecified atom stereocenters. The Morgan fingerprint density at radius 3 is 2.44 bits per heavy atom. The van der Waals surface area contributed by atoms with Gasteiger partial charge in [0.05, 0.1) is 6.04 Å². The van der Waals surface area contributed by atoms with Crippen molar-refractivity contribution < 1.29 is 19.1 Å². The van der Waals surface area contributed by atoms with Gasteiger partial charge in [-0.2, -0.15) is 0 Å². The smallest absolute Gasteiger partial charge is 0.309 e. The third-order valence-corrected chi connectivity index (χ3v) is 6.50. The molecule has 5 rings (SSSR count). The van der Waals surface area contributed by atoms with Crippen LogP contribution in [0.2, 0.25) is 0 Å². The Bertz CT molecular complexity index is 1180. The normalized spacial score (nSPS) is 15.8. The summed E-state index contributed by atoms with van der Waals surface area (Å²) in [6.45, 7) is 4.15. The van der Waals surface area contributed by atoms with Crippen LogP contribution in [0.1, 0.15) is 17.2 Å². The second-order valence-electron chi connectivity index (χ2n) is 8.74. The lowest BCUT2D eigenvalue weighted by atomic mass is 10.1. The molecule has 0 saturated carbocycles. The van der Waals surface area contributed by atoms with Gasteiger partial charge in [-0.25, -0.2) is 0 Å². The van der Waals surface area contributed by atoms with Gasteiger partial charge in [-0.1, -0.05) is 30.3 Å². The van der Waals surface area contributed by atoms with Crippen LogP contribution in [0.3, 0.4) is 0 Å². The number of anilines is 1. The van der Waals surface area contributed by atoms with Gasteiger partial charge in [0.25, 0.3) is 0 Å². The number of piperazine rings is 1. The summed E-state index contributed by atoms with van der Waals surface area (Å²) >= 11 is 0. The Morgan fingerprint density at radius 2 is 1.67 bits per heavy atom. The SMILES string of the molecule is O=C(NCc1ccc2c(c1)OCO2)C(=O)NC[C@@H](c1cccnc1)N1CCN(c2ccccc2)CC1. The van der Waals surface area contributed by atoms with Crippen molar-refractivity contribution in [2.24, 2.45) is 0 Å². The van der Waals surface area contributed by atoms with Crippen molar-refractivity contribution in [1.29, 1.82) is 0 Å². The Balaban J connectivity index is 1.16. The molecule has 1 saturated heterocycles. The number of ether oxygens (including phenoxy) is 2. The summed E-state index contributed by atoms with van der Waals surface area (Å²) in [5.41, 5.74) is 3.04. The molecule has 1 fully saturated rings. The molecular weight excluding hydrogens is 458 g/mol. The van der Waals surface area contributed by atoms with E-state index in [-0.39, 0.29) is 19.4 Å². The van der Waals surface area contributed by atoms with Crippen molar-refractivity contribution in [2.45, 2.75) is 12.6 Å². The van der Waals surface area contributed by atoms with Gasteiger partial charge in [-0.15, -0.1) is 0 Å². The lowest BCUT2D eigenvalue weighted by Gasteiger charge is -2.40. The maximum absolute atomic E-state index is 12.6. The average Bonchev–Trinajstić information content (AvgIpc) is 3.41. The van der Waals surface area contributed by atoms with E-state index < -0.39 is 11.8 Å². The Hall–Kier alpha value is -4.11. The minimum atomic E-state index is -0.675. The first-order valence-electron chi connectivity index (χ1n) is 12.1. The number of fused-ring (bicyclic) bond motifs is 1. The summed E-state index contributed by atoms with van der Waals surface area (Å²) < 4.78 is 10.7. The summed E-state index contributed by atoms with van der Waals surface area (Å²) in [7, 11) is 0. The van der Waals surface area contributed by atoms with Crippen LogP contribution >= 0.6 is 0 Å². The van der Waals surface area contributed by atoms with Gasteiger partial charge in [0, 0.05) is 57.3 Å². The molecule has 0 spiro atoms. The summed E-state index contributed by atoms with van der Waals surface area (Å²) in [5, 5.41) is 5.50. The highest BCUT2D eigenvalue weighted by Gasteiger charge is 2.27. The van der Waals surface area contributed by atoms with Crippen LogP contribution in [0.4, 0.5) is 5.69 Å². The maximum Gasteiger partial charge on any atom is 0.309 e. The molecule has 9 nitrogen and oxygen atoms in total. The van der Waals surface area contributed by atoms with E-state index in [1.807, 2.05) is 42.6 Å². The third-order valence-electron chi connectivity index (χ3n) is 6.50. The molecule has 0 aliphatic carbocycles. The van der Waals surface area contributed by atoms with E-state index in [1.54, 1.807) is 18.3 Å². The molecule has 3 aromatic rings. The molecule has 36 heavy (non-hydrogen) atoms. The van der Waals surface area contributed by atoms with Gasteiger partial charge in [0.1, 0.15) is 0 Å². The quantitative estimate of drug-likeness (QED) is 0.493. The number of nitrogens with zero attached hydrogens (tertiary/aromatic N) is 3. The number of nitrogens with one attached hydrogen (secondary N) is 2. The third kappa shape index (κ3) is 5.58. The number of benzene rings is 2. The van der Waals surface area contributed by atoms with Gasteiger partial charge in [0.2, 0.25) is 6.79 Å². The molecular formula is C27H29N5O4. The second kappa shape index (κ2) is 11.1. The van der Waals surface area contributed by atoms with Crippen LogP contribution in [0, 0.1) is 0 Å². The van der Waals surface area contributed by atoms with Crippen LogP contribution in [-0.2, 0) is 16.1 Å². The second-order valence-corrected chi connectivity index (χ2v) is 8.74. The topological polar surface area (TPSA) is 96.0 Å². The fourth-order valence-corrected chi connectivity index (χ4v) is 4.54. The zero-order valence-corrected chi connectivity index (χ0v) is 19.9. The van der Waals surface area contributed by atoms with Crippen molar-refractivity contribution in [3.05, 3.63) is 84.2 Å². The maximum atomic E-state index is 12.6. The van der Waals surface area contributed by atoms with Crippen molar-refractivity contribution in [1.82, 2.24) is 20.5 Å². The summed E-state index contributed by atoms with van der Waals surface area (Å²) in [5.74, 6) is -0.0224. The fourth-order valence-electron chi connectivity index (χ4n) is 4.54. The van der Waals surface area contributed by atoms with Crippen molar-refractivity contribution in [2.75, 3.05) is 44.4 Å². The lowest BCUT2D eigenvalue weighted by molar-refractivity contribution is -0.139. The minimum Gasteiger partial charge on any atom is -0.454 e. The molecule has 2 aromatic carbocycles. The first-order chi connectivity index (χ1) is 17.7. The van der Waals surface area contributed by atoms with Gasteiger partial charge >= 0.3 is 11.8 Å². The highest BCUT2D eigenvalue weighted by molar-refractivity contribution is 6.35. The van der Waals surface area contributed by atoms with Gasteiger partial charge in [0.15, 0.2) is 11.5 Å². The van der Waals surface area contributed by atoms with Crippen LogP contribution in [-0.4, -0.2) is 61.2 Å². The number of amides is 2. The van der Waals surface area contributed by atoms with Crippen molar-refractivity contribution in [3.63, 3.8) is 0 Å². The van der Waals surface area contributed by atoms with E-state index in [9.17, 15) is 9.59 Å². The number of hydrogen-bond donors (Lipinski definition) is 2. The largest absolute Gasteiger partial charge is 0.454 e. The highest BCUT2D eigenvalue weighted by Crippen LogP contribution is 2.32. The minimum absolute atomic E-state index is 0.0813. The molecule has 2 aliphatic heterocycles. The van der Waals surface area contributed by atoms with Crippen LogP contribution < -0.4 is 25.0 Å². The number of carbonyl (C=O) groups is 2. The Labute approximate surface area is 210 Å². The molecule has 1 aromatic heterocycles. The van der Waals surface area contributed by atoms with Crippen molar-refractivity contribution in [3.8, 4) is 11.5 Å². The van der Waals surface area contributed by atoms with Crippen LogP contribution in [0.15, 0.2) is 73.1 Å². The number of para-hydroxylation sites is 1. The predicted octanol–water partition coefficient (Wildman–Crippen LogP) is 2.11. The molecule has 186 valence electrons. The molecule has 2 N–H and O–H groups in total. The number of hydrogen-bond acceptors (Lipinski definition) is 7. The average molecular weight is 488 g/mol. The zero-order chi connectivity index (χ0) is 24.7. The first-order valence-corrected chi connectivity index (χ1v) is 12.1. The Kier molecular flexibility index (Phi) is 7.28. The number of pyridine rings is 1. The molecule has 2 amide bonds. The number of carbonyl (C=O) groups excluding carboxylic acids is 2. The van der Waals surface area contributed by atoms with Crippen LogP contribution in [0.5, 0.6) is 11.5 Å². The molecule has 1 atom stereocenters. The standard InChI is InChI=1S/C27H29N5O4/c33-26(29-16-20-8-9-24-25(15-20)36-19-35-24)27(34)30-18-23(21-5-4-10-28-17-21)32-13-11-31(12-14-32)22-6-2-1-3-7-22/h1-10,15,17,23H,11-14,16,18-19H2,(H,29,33)(H,30,34)/t23-/m0/s1. The van der Waals surface area contributed by atoms with E-state index in [0.717, 1.165) is 37.3 Å². The lowest BCUT2D eigenvalue weighted by Crippen LogP contribution is -2.50. The van der Waals surface area contributed by atoms with E-state index in [4.69, 9.17) is 9.47 Å². The van der Waals surface area contributed by atoms with Crippen LogP contribution in [0.25, 0.3) is 0 Å². The fraction of sp³-hybridized carbons (Fsp3) is 0.296. The molecule has 0 radical (unpaired) electrons. The van der Waals surface area contributed by atoms with Gasteiger partial charge < -0.3 is 25.0 Å². The van der Waals surface area contributed by atoms with E-state index >= 15 is 0 Å². The summed E-state index contributed by atoms with van der Waals surface area (Å²) in [4.78, 5) is 34.0. The molecule has 2 aliphatic rings. The Morgan fingerprint density at radius 1 is 0.889 bits per heavy atom. The number of aromatic nitrogens is 1. The first kappa shape index (κ1) is 23.6. The number of rotatable bonds is 7. The van der Waals surface area contributed by atoms with E-state index in [2.05, 4.69) is 37.6 Å². The molecule has 9 heteroatoms. The highest BCUT2D eigenvalue weighted by atomic mass is 16.7. The monoisotopic (exact) mass is 487 g/mol. The molecule has 0 bridgehead atoms. The van der Waals surface area contributed by atoms with E-state index in [0.29, 0.717) is 18.0 Å². The van der Waals surface area contributed by atoms with Gasteiger partial charge in [-0.05, 0) is 41.5 Å². The zero-order valence-electron chi connectivity index (χ0n) is 19.9. The predicted molar refractivity (Wildman–Crippen MR) is 135 cm³/mol.